The van der Waals surface area contributed by atoms with Crippen molar-refractivity contribution in [1.29, 1.82) is 0 Å². The first kappa shape index (κ1) is 16.1. The predicted octanol–water partition coefficient (Wildman–Crippen LogP) is 2.57. The van der Waals surface area contributed by atoms with Crippen LogP contribution in [0, 0.1) is 0 Å². The summed E-state index contributed by atoms with van der Waals surface area (Å²) in [6.07, 6.45) is 3.50. The maximum Gasteiger partial charge on any atom is 0.322 e. The van der Waals surface area contributed by atoms with Gasteiger partial charge in [-0.25, -0.2) is 9.78 Å². The molecule has 3 heterocycles. The lowest BCUT2D eigenvalue weighted by molar-refractivity contribution is 0.208. The number of amides is 2. The van der Waals surface area contributed by atoms with Gasteiger partial charge < -0.3 is 20.9 Å². The Kier molecular flexibility index (Phi) is 4.27. The van der Waals surface area contributed by atoms with Crippen LogP contribution < -0.4 is 16.0 Å². The first-order chi connectivity index (χ1) is 12.7. The molecule has 0 spiro atoms. The molecule has 1 aliphatic rings. The molecule has 26 heavy (non-hydrogen) atoms. The van der Waals surface area contributed by atoms with Crippen molar-refractivity contribution in [3.8, 4) is 0 Å². The van der Waals surface area contributed by atoms with Gasteiger partial charge in [-0.05, 0) is 24.3 Å². The van der Waals surface area contributed by atoms with E-state index in [2.05, 4.69) is 20.2 Å². The number of fused-ring (bicyclic) bond motifs is 1. The molecule has 0 saturated carbocycles. The molecule has 1 aromatic carbocycles. The number of urea groups is 1. The van der Waals surface area contributed by atoms with Gasteiger partial charge in [0.1, 0.15) is 5.82 Å². The number of anilines is 3. The highest BCUT2D eigenvalue weighted by Crippen LogP contribution is 2.22. The van der Waals surface area contributed by atoms with Crippen molar-refractivity contribution in [3.05, 3.63) is 54.9 Å². The smallest absolute Gasteiger partial charge is 0.322 e. The third-order valence-electron chi connectivity index (χ3n) is 4.58. The van der Waals surface area contributed by atoms with Gasteiger partial charge >= 0.3 is 6.03 Å². The predicted molar refractivity (Wildman–Crippen MR) is 103 cm³/mol. The summed E-state index contributed by atoms with van der Waals surface area (Å²) in [7, 11) is 0. The molecule has 0 unspecified atom stereocenters. The van der Waals surface area contributed by atoms with Crippen LogP contribution in [0.15, 0.2) is 54.9 Å². The summed E-state index contributed by atoms with van der Waals surface area (Å²) in [6, 6.07) is 13.3. The van der Waals surface area contributed by atoms with E-state index in [0.717, 1.165) is 35.4 Å². The number of hydrogen-bond acceptors (Lipinski definition) is 5. The number of aromatic nitrogens is 2. The van der Waals surface area contributed by atoms with E-state index >= 15 is 0 Å². The van der Waals surface area contributed by atoms with E-state index < -0.39 is 0 Å². The maximum absolute atomic E-state index is 12.6. The number of para-hydroxylation sites is 1. The molecule has 0 radical (unpaired) electrons. The van der Waals surface area contributed by atoms with Gasteiger partial charge in [-0.3, -0.25) is 4.98 Å². The lowest BCUT2D eigenvalue weighted by Crippen LogP contribution is -2.50. The summed E-state index contributed by atoms with van der Waals surface area (Å²) in [5.41, 5.74) is 8.20. The van der Waals surface area contributed by atoms with Gasteiger partial charge in [-0.1, -0.05) is 18.2 Å². The average Bonchev–Trinajstić information content (AvgIpc) is 2.69. The normalized spacial score (nSPS) is 14.5. The average molecular weight is 348 g/mol. The monoisotopic (exact) mass is 348 g/mol. The van der Waals surface area contributed by atoms with Gasteiger partial charge in [0.05, 0.1) is 23.1 Å². The number of rotatable bonds is 2. The number of pyridine rings is 2. The lowest BCUT2D eigenvalue weighted by atomic mass is 10.2. The molecule has 4 rings (SSSR count). The Morgan fingerprint density at radius 2 is 1.81 bits per heavy atom. The summed E-state index contributed by atoms with van der Waals surface area (Å²) < 4.78 is 0. The zero-order valence-corrected chi connectivity index (χ0v) is 14.3. The maximum atomic E-state index is 12.6. The summed E-state index contributed by atoms with van der Waals surface area (Å²) >= 11 is 0. The van der Waals surface area contributed by atoms with Crippen molar-refractivity contribution in [2.75, 3.05) is 42.1 Å². The summed E-state index contributed by atoms with van der Waals surface area (Å²) in [6.45, 7) is 2.81. The second-order valence-electron chi connectivity index (χ2n) is 6.23. The fourth-order valence-corrected chi connectivity index (χ4v) is 3.15. The molecule has 0 aliphatic carbocycles. The molecule has 132 valence electrons. The summed E-state index contributed by atoms with van der Waals surface area (Å²) in [4.78, 5) is 25.2. The first-order valence-corrected chi connectivity index (χ1v) is 8.57. The molecule has 7 heteroatoms. The minimum absolute atomic E-state index is 0.0989. The highest BCUT2D eigenvalue weighted by molar-refractivity contribution is 5.99. The van der Waals surface area contributed by atoms with Gasteiger partial charge in [-0.2, -0.15) is 0 Å². The van der Waals surface area contributed by atoms with Crippen molar-refractivity contribution in [3.63, 3.8) is 0 Å². The van der Waals surface area contributed by atoms with Crippen LogP contribution in [-0.2, 0) is 0 Å². The molecule has 2 amide bonds. The van der Waals surface area contributed by atoms with Crippen molar-refractivity contribution in [2.24, 2.45) is 0 Å². The molecule has 1 aliphatic heterocycles. The topological polar surface area (TPSA) is 87.4 Å². The minimum Gasteiger partial charge on any atom is -0.384 e. The number of piperazine rings is 1. The van der Waals surface area contributed by atoms with E-state index in [1.165, 1.54) is 0 Å². The number of hydrogen-bond donors (Lipinski definition) is 2. The fraction of sp³-hybridized carbons (Fsp3) is 0.211. The van der Waals surface area contributed by atoms with E-state index in [4.69, 9.17) is 5.73 Å². The van der Waals surface area contributed by atoms with Crippen LogP contribution in [0.25, 0.3) is 10.9 Å². The summed E-state index contributed by atoms with van der Waals surface area (Å²) in [5.74, 6) is 0.510. The number of carbonyl (C=O) groups excluding carboxylic acids is 1. The standard InChI is InChI=1S/C19H20N6O/c20-17-7-6-15(13-22-17)24-9-11-25(12-10-24)19(26)23-16-5-1-3-14-4-2-8-21-18(14)16/h1-8,13H,9-12H2,(H2,20,22)(H,23,26). The van der Waals surface area contributed by atoms with Crippen molar-refractivity contribution >= 4 is 34.1 Å². The van der Waals surface area contributed by atoms with E-state index in [-0.39, 0.29) is 6.03 Å². The van der Waals surface area contributed by atoms with Crippen LogP contribution >= 0.6 is 0 Å². The minimum atomic E-state index is -0.0989. The molecule has 0 atom stereocenters. The second kappa shape index (κ2) is 6.87. The molecule has 1 fully saturated rings. The Morgan fingerprint density at radius 1 is 1.00 bits per heavy atom. The van der Waals surface area contributed by atoms with Crippen molar-refractivity contribution in [2.45, 2.75) is 0 Å². The third kappa shape index (κ3) is 3.23. The Morgan fingerprint density at radius 3 is 2.58 bits per heavy atom. The second-order valence-corrected chi connectivity index (χ2v) is 6.23. The Balaban J connectivity index is 1.41. The van der Waals surface area contributed by atoms with Gasteiger partial charge in [0.2, 0.25) is 0 Å². The number of benzene rings is 1. The van der Waals surface area contributed by atoms with Crippen molar-refractivity contribution in [1.82, 2.24) is 14.9 Å². The quantitative estimate of drug-likeness (QED) is 0.743. The molecular formula is C19H20N6O. The van der Waals surface area contributed by atoms with Crippen LogP contribution in [0.1, 0.15) is 0 Å². The van der Waals surface area contributed by atoms with Gasteiger partial charge in [0.15, 0.2) is 0 Å². The SMILES string of the molecule is Nc1ccc(N2CCN(C(=O)Nc3cccc4cccnc34)CC2)cn1. The zero-order chi connectivity index (χ0) is 17.9. The highest BCUT2D eigenvalue weighted by Gasteiger charge is 2.22. The number of carbonyl (C=O) groups is 1. The number of nitrogens with two attached hydrogens (primary N) is 1. The largest absolute Gasteiger partial charge is 0.384 e. The van der Waals surface area contributed by atoms with E-state index in [0.29, 0.717) is 18.9 Å². The third-order valence-corrected chi connectivity index (χ3v) is 4.58. The van der Waals surface area contributed by atoms with E-state index in [1.807, 2.05) is 41.3 Å². The fourth-order valence-electron chi connectivity index (χ4n) is 3.15. The highest BCUT2D eigenvalue weighted by atomic mass is 16.2. The number of nitrogens with one attached hydrogen (secondary N) is 1. The van der Waals surface area contributed by atoms with Gasteiger partial charge in [-0.15, -0.1) is 0 Å². The Hall–Kier alpha value is -3.35. The van der Waals surface area contributed by atoms with E-state index in [9.17, 15) is 4.79 Å². The molecular weight excluding hydrogens is 328 g/mol. The number of nitrogens with zero attached hydrogens (tertiary/aromatic N) is 4. The molecule has 3 N–H and O–H groups in total. The van der Waals surface area contributed by atoms with Crippen LogP contribution in [-0.4, -0.2) is 47.1 Å². The first-order valence-electron chi connectivity index (χ1n) is 8.57. The Labute approximate surface area is 151 Å². The molecule has 1 saturated heterocycles. The van der Waals surface area contributed by atoms with Crippen LogP contribution in [0.2, 0.25) is 0 Å². The lowest BCUT2D eigenvalue weighted by Gasteiger charge is -2.35. The zero-order valence-electron chi connectivity index (χ0n) is 14.3. The van der Waals surface area contributed by atoms with Gasteiger partial charge in [0.25, 0.3) is 0 Å². The van der Waals surface area contributed by atoms with Crippen LogP contribution in [0.3, 0.4) is 0 Å². The molecule has 7 nitrogen and oxygen atoms in total. The number of nitrogen functional groups attached to an aromatic ring is 1. The molecule has 3 aromatic rings. The van der Waals surface area contributed by atoms with E-state index in [1.54, 1.807) is 18.5 Å². The molecule has 2 aromatic heterocycles. The Bertz CT molecular complexity index is 913. The summed E-state index contributed by atoms with van der Waals surface area (Å²) in [5, 5.41) is 4.00. The van der Waals surface area contributed by atoms with Crippen molar-refractivity contribution < 1.29 is 4.79 Å². The van der Waals surface area contributed by atoms with Crippen LogP contribution in [0.4, 0.5) is 22.0 Å². The molecule has 0 bridgehead atoms. The van der Waals surface area contributed by atoms with Gasteiger partial charge in [0, 0.05) is 37.8 Å². The van der Waals surface area contributed by atoms with Crippen LogP contribution in [0.5, 0.6) is 0 Å².